The third-order valence-electron chi connectivity index (χ3n) is 3.05. The maximum Gasteiger partial charge on any atom is 0.147 e. The summed E-state index contributed by atoms with van der Waals surface area (Å²) in [4.78, 5) is 5.34. The van der Waals surface area contributed by atoms with Crippen LogP contribution in [0.4, 0.5) is 0 Å². The van der Waals surface area contributed by atoms with Crippen LogP contribution in [0, 0.1) is 11.8 Å². The molecule has 0 unspecified atom stereocenters. The molecule has 4 rings (SSSR count). The van der Waals surface area contributed by atoms with Crippen LogP contribution in [0.25, 0.3) is 0 Å². The van der Waals surface area contributed by atoms with Crippen molar-refractivity contribution in [2.75, 3.05) is 5.75 Å². The Morgan fingerprint density at radius 3 is 3.18 bits per heavy atom. The predicted octanol–water partition coefficient (Wildman–Crippen LogP) is 1.51. The number of rotatable bonds is 0. The van der Waals surface area contributed by atoms with Gasteiger partial charge >= 0.3 is 0 Å². The molecule has 0 aromatic heterocycles. The van der Waals surface area contributed by atoms with Crippen LogP contribution < -0.4 is 0 Å². The summed E-state index contributed by atoms with van der Waals surface area (Å²) in [6.45, 7) is 0. The van der Waals surface area contributed by atoms with E-state index in [-0.39, 0.29) is 0 Å². The Kier molecular flexibility index (Phi) is 1.24. The van der Waals surface area contributed by atoms with Crippen LogP contribution >= 0.6 is 11.8 Å². The Bertz CT molecular complexity index is 198. The van der Waals surface area contributed by atoms with Gasteiger partial charge in [-0.05, 0) is 24.5 Å². The summed E-state index contributed by atoms with van der Waals surface area (Å²) in [6, 6.07) is 0. The summed E-state index contributed by atoms with van der Waals surface area (Å²) in [6.07, 6.45) is 5.21. The second-order valence-corrected chi connectivity index (χ2v) is 4.88. The zero-order chi connectivity index (χ0) is 7.26. The third kappa shape index (κ3) is 0.776. The molecule has 1 aliphatic carbocycles. The summed E-state index contributed by atoms with van der Waals surface area (Å²) in [5.74, 6) is 2.86. The molecular weight excluding hydrogens is 158 g/mol. The van der Waals surface area contributed by atoms with Crippen LogP contribution in [-0.2, 0) is 4.84 Å². The summed E-state index contributed by atoms with van der Waals surface area (Å²) >= 11 is 2.08. The second kappa shape index (κ2) is 2.16. The number of hydrogen-bond acceptors (Lipinski definition) is 3. The molecule has 0 radical (unpaired) electrons. The van der Waals surface area contributed by atoms with Crippen LogP contribution in [0.3, 0.4) is 0 Å². The number of oxime groups is 1. The first-order valence-electron chi connectivity index (χ1n) is 4.26. The molecule has 1 saturated carbocycles. The second-order valence-electron chi connectivity index (χ2n) is 3.61. The molecular formula is C8H11NOS. The van der Waals surface area contributed by atoms with Crippen molar-refractivity contribution >= 4 is 18.0 Å². The van der Waals surface area contributed by atoms with E-state index in [1.54, 1.807) is 0 Å². The smallest absolute Gasteiger partial charge is 0.147 e. The Morgan fingerprint density at radius 2 is 2.45 bits per heavy atom. The summed E-state index contributed by atoms with van der Waals surface area (Å²) < 4.78 is 0. The lowest BCUT2D eigenvalue weighted by atomic mass is 9.78. The maximum atomic E-state index is 5.34. The van der Waals surface area contributed by atoms with Gasteiger partial charge in [0.05, 0.1) is 6.21 Å². The van der Waals surface area contributed by atoms with Crippen molar-refractivity contribution < 1.29 is 4.84 Å². The highest BCUT2D eigenvalue weighted by atomic mass is 32.2. The fraction of sp³-hybridized carbons (Fsp3) is 0.875. The van der Waals surface area contributed by atoms with E-state index < -0.39 is 0 Å². The number of fused-ring (bicyclic) bond motifs is 2. The largest absolute Gasteiger partial charge is 0.391 e. The molecule has 0 aromatic carbocycles. The molecule has 2 bridgehead atoms. The molecule has 4 aliphatic rings. The van der Waals surface area contributed by atoms with E-state index >= 15 is 0 Å². The van der Waals surface area contributed by atoms with Crippen LogP contribution in [-0.4, -0.2) is 23.3 Å². The number of hydrogen-bond donors (Lipinski definition) is 0. The van der Waals surface area contributed by atoms with Gasteiger partial charge < -0.3 is 4.84 Å². The highest BCUT2D eigenvalue weighted by Gasteiger charge is 2.47. The Labute approximate surface area is 70.4 Å². The molecule has 0 amide bonds. The van der Waals surface area contributed by atoms with Gasteiger partial charge in [-0.15, -0.1) is 0 Å². The van der Waals surface area contributed by atoms with E-state index in [4.69, 9.17) is 4.84 Å². The van der Waals surface area contributed by atoms with Gasteiger partial charge in [0.1, 0.15) is 6.10 Å². The highest BCUT2D eigenvalue weighted by molar-refractivity contribution is 8.00. The van der Waals surface area contributed by atoms with Crippen molar-refractivity contribution in [1.82, 2.24) is 0 Å². The standard InChI is InChI=1S/C8H11NOS/c1-2-7-8-6(3-9-10-8)5(1)4-11-7/h3,5-8H,1-2,4H2/t5-,6+,7-,8+/m0/s1. The minimum atomic E-state index is 0.437. The molecule has 4 atom stereocenters. The van der Waals surface area contributed by atoms with Crippen molar-refractivity contribution in [1.29, 1.82) is 0 Å². The Morgan fingerprint density at radius 1 is 1.45 bits per heavy atom. The Hall–Kier alpha value is -0.180. The van der Waals surface area contributed by atoms with Crippen molar-refractivity contribution in [2.45, 2.75) is 24.2 Å². The summed E-state index contributed by atoms with van der Waals surface area (Å²) in [5.41, 5.74) is 0. The molecule has 2 saturated heterocycles. The van der Waals surface area contributed by atoms with Crippen LogP contribution in [0.2, 0.25) is 0 Å². The summed E-state index contributed by atoms with van der Waals surface area (Å²) in [5, 5.41) is 4.67. The molecule has 11 heavy (non-hydrogen) atoms. The van der Waals surface area contributed by atoms with Crippen molar-refractivity contribution in [2.24, 2.45) is 17.0 Å². The normalized spacial score (nSPS) is 52.4. The molecule has 3 aliphatic heterocycles. The summed E-state index contributed by atoms with van der Waals surface area (Å²) in [7, 11) is 0. The SMILES string of the molecule is C1=NO[C@@H]2[C@H]1[C@H]1CC[C@@H]2SC1. The quantitative estimate of drug-likeness (QED) is 0.548. The molecule has 3 fully saturated rings. The number of nitrogens with zero attached hydrogens (tertiary/aromatic N) is 1. The zero-order valence-corrected chi connectivity index (χ0v) is 7.09. The molecule has 0 N–H and O–H groups in total. The first-order chi connectivity index (χ1) is 5.45. The zero-order valence-electron chi connectivity index (χ0n) is 6.27. The van der Waals surface area contributed by atoms with E-state index in [2.05, 4.69) is 16.9 Å². The number of thioether (sulfide) groups is 1. The molecule has 0 spiro atoms. The van der Waals surface area contributed by atoms with Gasteiger partial charge in [-0.1, -0.05) is 5.16 Å². The molecule has 60 valence electrons. The van der Waals surface area contributed by atoms with Gasteiger partial charge in [0.2, 0.25) is 0 Å². The lowest BCUT2D eigenvalue weighted by molar-refractivity contribution is 0.0245. The lowest BCUT2D eigenvalue weighted by Gasteiger charge is -2.42. The molecule has 3 heteroatoms. The van der Waals surface area contributed by atoms with Crippen molar-refractivity contribution in [3.8, 4) is 0 Å². The Balaban J connectivity index is 1.93. The van der Waals surface area contributed by atoms with E-state index in [0.717, 1.165) is 11.2 Å². The average Bonchev–Trinajstić information content (AvgIpc) is 2.55. The average molecular weight is 169 g/mol. The first kappa shape index (κ1) is 6.35. The monoisotopic (exact) mass is 169 g/mol. The van der Waals surface area contributed by atoms with E-state index in [0.29, 0.717) is 12.0 Å². The van der Waals surface area contributed by atoms with Crippen LogP contribution in [0.1, 0.15) is 12.8 Å². The van der Waals surface area contributed by atoms with Gasteiger partial charge in [0, 0.05) is 11.2 Å². The van der Waals surface area contributed by atoms with Gasteiger partial charge in [-0.25, -0.2) is 0 Å². The van der Waals surface area contributed by atoms with Gasteiger partial charge in [0.25, 0.3) is 0 Å². The fourth-order valence-corrected chi connectivity index (χ4v) is 4.00. The minimum absolute atomic E-state index is 0.437. The van der Waals surface area contributed by atoms with E-state index in [1.807, 2.05) is 6.21 Å². The third-order valence-corrected chi connectivity index (χ3v) is 4.60. The van der Waals surface area contributed by atoms with E-state index in [1.165, 1.54) is 18.6 Å². The molecule has 0 aromatic rings. The van der Waals surface area contributed by atoms with Crippen molar-refractivity contribution in [3.63, 3.8) is 0 Å². The molecule has 3 heterocycles. The predicted molar refractivity (Wildman–Crippen MR) is 45.8 cm³/mol. The topological polar surface area (TPSA) is 21.6 Å². The van der Waals surface area contributed by atoms with Gasteiger partial charge in [-0.2, -0.15) is 11.8 Å². The van der Waals surface area contributed by atoms with Crippen molar-refractivity contribution in [3.05, 3.63) is 0 Å². The maximum absolute atomic E-state index is 5.34. The fourth-order valence-electron chi connectivity index (χ4n) is 2.39. The van der Waals surface area contributed by atoms with Gasteiger partial charge in [-0.3, -0.25) is 0 Å². The van der Waals surface area contributed by atoms with Crippen LogP contribution in [0.5, 0.6) is 0 Å². The minimum Gasteiger partial charge on any atom is -0.391 e. The highest BCUT2D eigenvalue weighted by Crippen LogP contribution is 2.46. The van der Waals surface area contributed by atoms with Gasteiger partial charge in [0.15, 0.2) is 0 Å². The first-order valence-corrected chi connectivity index (χ1v) is 5.31. The lowest BCUT2D eigenvalue weighted by Crippen LogP contribution is -2.45. The van der Waals surface area contributed by atoms with Crippen LogP contribution in [0.15, 0.2) is 5.16 Å². The molecule has 2 nitrogen and oxygen atoms in total. The van der Waals surface area contributed by atoms with E-state index in [9.17, 15) is 0 Å².